The van der Waals surface area contributed by atoms with Gasteiger partial charge in [0.05, 0.1) is 18.4 Å². The Bertz CT molecular complexity index is 637. The number of nitrogens with zero attached hydrogens (tertiary/aromatic N) is 3. The molecule has 2 aromatic heterocycles. The van der Waals surface area contributed by atoms with Crippen LogP contribution < -0.4 is 0 Å². The lowest BCUT2D eigenvalue weighted by molar-refractivity contribution is 0.459. The Kier molecular flexibility index (Phi) is 3.96. The number of sulfonamides is 1. The molecule has 19 heavy (non-hydrogen) atoms. The highest BCUT2D eigenvalue weighted by Crippen LogP contribution is 2.14. The molecule has 0 amide bonds. The Hall–Kier alpha value is -1.73. The minimum Gasteiger partial charge on any atom is -0.332 e. The summed E-state index contributed by atoms with van der Waals surface area (Å²) in [5.41, 5.74) is 0.698. The lowest BCUT2D eigenvalue weighted by Gasteiger charge is -2.15. The second kappa shape index (κ2) is 5.50. The van der Waals surface area contributed by atoms with E-state index in [2.05, 4.69) is 15.0 Å². The van der Waals surface area contributed by atoms with Gasteiger partial charge in [-0.15, -0.1) is 0 Å². The van der Waals surface area contributed by atoms with Crippen molar-refractivity contribution < 1.29 is 8.42 Å². The number of aromatic nitrogens is 3. The van der Waals surface area contributed by atoms with Gasteiger partial charge in [0.2, 0.25) is 0 Å². The van der Waals surface area contributed by atoms with E-state index in [9.17, 15) is 8.42 Å². The van der Waals surface area contributed by atoms with Gasteiger partial charge in [-0.25, -0.2) is 13.4 Å². The molecule has 1 N–H and O–H groups in total. The van der Waals surface area contributed by atoms with E-state index in [1.165, 1.54) is 17.5 Å². The van der Waals surface area contributed by atoms with Crippen molar-refractivity contribution in [3.8, 4) is 0 Å². The Balaban J connectivity index is 2.19. The third-order valence-electron chi connectivity index (χ3n) is 2.74. The summed E-state index contributed by atoms with van der Waals surface area (Å²) >= 11 is 0. The Morgan fingerprint density at radius 3 is 2.68 bits per heavy atom. The maximum Gasteiger partial charge on any atom is 0.260 e. The minimum atomic E-state index is -3.55. The van der Waals surface area contributed by atoms with Crippen molar-refractivity contribution in [1.29, 1.82) is 0 Å². The van der Waals surface area contributed by atoms with Gasteiger partial charge >= 0.3 is 0 Å². The van der Waals surface area contributed by atoms with Crippen LogP contribution in [0.3, 0.4) is 0 Å². The zero-order chi connectivity index (χ0) is 13.9. The maximum atomic E-state index is 12.3. The van der Waals surface area contributed by atoms with Gasteiger partial charge in [-0.1, -0.05) is 13.0 Å². The highest BCUT2D eigenvalue weighted by molar-refractivity contribution is 7.89. The molecule has 7 heteroatoms. The lowest BCUT2D eigenvalue weighted by atomic mass is 10.3. The van der Waals surface area contributed by atoms with E-state index in [1.54, 1.807) is 18.3 Å². The molecule has 0 aromatic carbocycles. The summed E-state index contributed by atoms with van der Waals surface area (Å²) in [6, 6.07) is 5.41. The molecule has 0 saturated carbocycles. The second-order valence-electron chi connectivity index (χ2n) is 4.13. The number of aryl methyl sites for hydroxylation is 1. The zero-order valence-corrected chi connectivity index (χ0v) is 11.7. The fraction of sp³-hybridized carbons (Fsp3) is 0.333. The standard InChI is InChI=1S/C12H16N4O2S/c1-3-11-14-8-12(15-11)19(17,18)16(2)9-10-6-4-5-7-13-10/h4-8H,3,9H2,1-2H3,(H,14,15). The van der Waals surface area contributed by atoms with E-state index in [4.69, 9.17) is 0 Å². The molecule has 0 unspecified atom stereocenters. The van der Waals surface area contributed by atoms with Gasteiger partial charge in [0, 0.05) is 19.7 Å². The molecule has 0 aliphatic rings. The van der Waals surface area contributed by atoms with Gasteiger partial charge in [0.1, 0.15) is 5.82 Å². The molecular formula is C12H16N4O2S. The normalized spacial score (nSPS) is 11.9. The number of imidazole rings is 1. The molecule has 2 aromatic rings. The molecular weight excluding hydrogens is 264 g/mol. The van der Waals surface area contributed by atoms with Crippen LogP contribution >= 0.6 is 0 Å². The number of hydrogen-bond donors (Lipinski definition) is 1. The average molecular weight is 280 g/mol. The molecule has 0 bridgehead atoms. The lowest BCUT2D eigenvalue weighted by Crippen LogP contribution is -2.27. The smallest absolute Gasteiger partial charge is 0.260 e. The monoisotopic (exact) mass is 280 g/mol. The minimum absolute atomic E-state index is 0.114. The molecule has 0 aliphatic heterocycles. The molecule has 0 saturated heterocycles. The molecule has 0 spiro atoms. The van der Waals surface area contributed by atoms with Crippen LogP contribution in [0.4, 0.5) is 0 Å². The van der Waals surface area contributed by atoms with E-state index in [0.29, 0.717) is 17.9 Å². The van der Waals surface area contributed by atoms with Crippen LogP contribution in [0.15, 0.2) is 35.6 Å². The van der Waals surface area contributed by atoms with Crippen LogP contribution in [0, 0.1) is 0 Å². The van der Waals surface area contributed by atoms with Gasteiger partial charge in [0.15, 0.2) is 5.03 Å². The van der Waals surface area contributed by atoms with Crippen LogP contribution in [-0.4, -0.2) is 34.7 Å². The van der Waals surface area contributed by atoms with Crippen LogP contribution in [0.25, 0.3) is 0 Å². The third-order valence-corrected chi connectivity index (χ3v) is 4.45. The number of rotatable bonds is 5. The van der Waals surface area contributed by atoms with Gasteiger partial charge in [-0.3, -0.25) is 4.98 Å². The van der Waals surface area contributed by atoms with Crippen molar-refractivity contribution in [2.24, 2.45) is 0 Å². The van der Waals surface area contributed by atoms with Crippen molar-refractivity contribution in [3.05, 3.63) is 42.1 Å². The number of hydrogen-bond acceptors (Lipinski definition) is 4. The predicted molar refractivity (Wildman–Crippen MR) is 70.9 cm³/mol. The first-order valence-electron chi connectivity index (χ1n) is 5.94. The topological polar surface area (TPSA) is 79.0 Å². The molecule has 2 rings (SSSR count). The van der Waals surface area contributed by atoms with Crippen molar-refractivity contribution in [3.63, 3.8) is 0 Å². The molecule has 102 valence electrons. The van der Waals surface area contributed by atoms with Crippen LogP contribution in [0.5, 0.6) is 0 Å². The highest BCUT2D eigenvalue weighted by atomic mass is 32.2. The average Bonchev–Trinajstić information content (AvgIpc) is 2.89. The van der Waals surface area contributed by atoms with Crippen molar-refractivity contribution in [2.45, 2.75) is 24.9 Å². The van der Waals surface area contributed by atoms with E-state index in [0.717, 1.165) is 0 Å². The van der Waals surface area contributed by atoms with Gasteiger partial charge in [0.25, 0.3) is 10.0 Å². The number of aromatic amines is 1. The molecule has 2 heterocycles. The number of pyridine rings is 1. The van der Waals surface area contributed by atoms with E-state index >= 15 is 0 Å². The van der Waals surface area contributed by atoms with Crippen LogP contribution in [0.2, 0.25) is 0 Å². The van der Waals surface area contributed by atoms with E-state index in [-0.39, 0.29) is 11.6 Å². The first-order valence-corrected chi connectivity index (χ1v) is 7.38. The Morgan fingerprint density at radius 1 is 1.32 bits per heavy atom. The van der Waals surface area contributed by atoms with E-state index in [1.807, 2.05) is 13.0 Å². The molecule has 0 aliphatic carbocycles. The summed E-state index contributed by atoms with van der Waals surface area (Å²) < 4.78 is 25.8. The zero-order valence-electron chi connectivity index (χ0n) is 10.9. The first kappa shape index (κ1) is 13.7. The van der Waals surface area contributed by atoms with Crippen molar-refractivity contribution in [1.82, 2.24) is 19.3 Å². The highest BCUT2D eigenvalue weighted by Gasteiger charge is 2.23. The SMILES string of the molecule is CCc1ncc(S(=O)(=O)N(C)Cc2ccccn2)[nH]1. The Labute approximate surface area is 112 Å². The third kappa shape index (κ3) is 2.99. The summed E-state index contributed by atoms with van der Waals surface area (Å²) in [6.07, 6.45) is 3.66. The molecule has 0 fully saturated rings. The maximum absolute atomic E-state index is 12.3. The molecule has 0 radical (unpaired) electrons. The van der Waals surface area contributed by atoms with Gasteiger partial charge < -0.3 is 4.98 Å². The summed E-state index contributed by atoms with van der Waals surface area (Å²) in [6.45, 7) is 2.14. The number of H-pyrrole nitrogens is 1. The summed E-state index contributed by atoms with van der Waals surface area (Å²) in [5.74, 6) is 0.657. The van der Waals surface area contributed by atoms with Gasteiger partial charge in [-0.05, 0) is 12.1 Å². The molecule has 0 atom stereocenters. The fourth-order valence-electron chi connectivity index (χ4n) is 1.63. The van der Waals surface area contributed by atoms with Crippen molar-refractivity contribution >= 4 is 10.0 Å². The fourth-order valence-corrected chi connectivity index (χ4v) is 2.70. The summed E-state index contributed by atoms with van der Waals surface area (Å²) in [4.78, 5) is 10.9. The Morgan fingerprint density at radius 2 is 2.11 bits per heavy atom. The molecule has 6 nitrogen and oxygen atoms in total. The van der Waals surface area contributed by atoms with Crippen LogP contribution in [-0.2, 0) is 23.0 Å². The quantitative estimate of drug-likeness (QED) is 0.892. The summed E-state index contributed by atoms with van der Waals surface area (Å²) in [5, 5.41) is 0.114. The van der Waals surface area contributed by atoms with Crippen LogP contribution in [0.1, 0.15) is 18.4 Å². The van der Waals surface area contributed by atoms with Crippen molar-refractivity contribution in [2.75, 3.05) is 7.05 Å². The first-order chi connectivity index (χ1) is 9.04. The second-order valence-corrected chi connectivity index (χ2v) is 6.14. The number of nitrogens with one attached hydrogen (secondary N) is 1. The predicted octanol–water partition coefficient (Wildman–Crippen LogP) is 1.19. The summed E-state index contributed by atoms with van der Waals surface area (Å²) in [7, 11) is -2.03. The largest absolute Gasteiger partial charge is 0.332 e. The van der Waals surface area contributed by atoms with Gasteiger partial charge in [-0.2, -0.15) is 4.31 Å². The van der Waals surface area contributed by atoms with E-state index < -0.39 is 10.0 Å².